The van der Waals surface area contributed by atoms with Gasteiger partial charge in [-0.25, -0.2) is 14.6 Å². The van der Waals surface area contributed by atoms with E-state index in [-0.39, 0.29) is 11.6 Å². The molecule has 2 heterocycles. The highest BCUT2D eigenvalue weighted by molar-refractivity contribution is 6.08. The Labute approximate surface area is 193 Å². The Morgan fingerprint density at radius 3 is 2.68 bits per heavy atom. The SMILES string of the molecule is COc1ccc2cc(NC(=O)c3ccccc3NCc3ccnc(OC(N)=O)c3)c(=O)oc2c1. The Hall–Kier alpha value is -4.86. The highest BCUT2D eigenvalue weighted by Crippen LogP contribution is 2.23. The number of para-hydroxylation sites is 1. The van der Waals surface area contributed by atoms with Crippen molar-refractivity contribution in [1.82, 2.24) is 4.98 Å². The molecule has 0 atom stereocenters. The van der Waals surface area contributed by atoms with Crippen LogP contribution in [0.15, 0.2) is 76.1 Å². The van der Waals surface area contributed by atoms with E-state index in [4.69, 9.17) is 19.6 Å². The third-order valence-corrected chi connectivity index (χ3v) is 4.85. The molecular formula is C24H20N4O6. The Morgan fingerprint density at radius 2 is 1.88 bits per heavy atom. The molecule has 4 rings (SSSR count). The van der Waals surface area contributed by atoms with Crippen molar-refractivity contribution in [2.24, 2.45) is 5.73 Å². The first-order valence-corrected chi connectivity index (χ1v) is 10.1. The minimum absolute atomic E-state index is 0.0137. The Morgan fingerprint density at radius 1 is 1.06 bits per heavy atom. The van der Waals surface area contributed by atoms with Gasteiger partial charge in [0.2, 0.25) is 5.88 Å². The minimum Gasteiger partial charge on any atom is -0.497 e. The van der Waals surface area contributed by atoms with Gasteiger partial charge in [-0.2, -0.15) is 0 Å². The predicted octanol–water partition coefficient (Wildman–Crippen LogP) is 3.52. The van der Waals surface area contributed by atoms with Crippen molar-refractivity contribution in [3.05, 3.63) is 88.4 Å². The number of pyridine rings is 1. The average Bonchev–Trinajstić information content (AvgIpc) is 2.83. The van der Waals surface area contributed by atoms with E-state index in [9.17, 15) is 14.4 Å². The number of carbonyl (C=O) groups excluding carboxylic acids is 2. The van der Waals surface area contributed by atoms with Crippen LogP contribution in [0.4, 0.5) is 16.2 Å². The molecule has 2 aromatic heterocycles. The molecule has 0 bridgehead atoms. The number of hydrogen-bond acceptors (Lipinski definition) is 8. The molecule has 0 spiro atoms. The summed E-state index contributed by atoms with van der Waals surface area (Å²) in [6.07, 6.45) is 0.514. The van der Waals surface area contributed by atoms with E-state index in [0.717, 1.165) is 5.56 Å². The fourth-order valence-corrected chi connectivity index (χ4v) is 3.25. The molecule has 2 aromatic carbocycles. The molecule has 0 unspecified atom stereocenters. The highest BCUT2D eigenvalue weighted by Gasteiger charge is 2.15. The van der Waals surface area contributed by atoms with Crippen molar-refractivity contribution in [2.75, 3.05) is 17.7 Å². The number of benzene rings is 2. The van der Waals surface area contributed by atoms with E-state index < -0.39 is 17.6 Å². The molecule has 0 saturated carbocycles. The van der Waals surface area contributed by atoms with Crippen molar-refractivity contribution in [1.29, 1.82) is 0 Å². The number of amides is 2. The summed E-state index contributed by atoms with van der Waals surface area (Å²) in [5, 5.41) is 6.41. The molecule has 0 saturated heterocycles. The smallest absolute Gasteiger partial charge is 0.411 e. The second-order valence-electron chi connectivity index (χ2n) is 7.13. The number of hydrogen-bond donors (Lipinski definition) is 3. The number of rotatable bonds is 7. The first-order chi connectivity index (χ1) is 16.4. The number of nitrogens with one attached hydrogen (secondary N) is 2. The van der Waals surface area contributed by atoms with Crippen molar-refractivity contribution >= 4 is 34.3 Å². The summed E-state index contributed by atoms with van der Waals surface area (Å²) in [4.78, 5) is 40.2. The number of carbonyl (C=O) groups is 2. The first-order valence-electron chi connectivity index (χ1n) is 10.1. The van der Waals surface area contributed by atoms with E-state index >= 15 is 0 Å². The van der Waals surface area contributed by atoms with E-state index in [1.807, 2.05) is 0 Å². The molecule has 0 fully saturated rings. The summed E-state index contributed by atoms with van der Waals surface area (Å²) in [5.41, 5.74) is 6.29. The molecule has 0 aliphatic heterocycles. The lowest BCUT2D eigenvalue weighted by atomic mass is 10.1. The maximum Gasteiger partial charge on any atom is 0.411 e. The van der Waals surface area contributed by atoms with Crippen LogP contribution in [-0.4, -0.2) is 24.1 Å². The van der Waals surface area contributed by atoms with Crippen LogP contribution in [0, 0.1) is 0 Å². The number of ether oxygens (including phenoxy) is 2. The van der Waals surface area contributed by atoms with Gasteiger partial charge in [0, 0.05) is 35.9 Å². The van der Waals surface area contributed by atoms with Crippen LogP contribution in [0.1, 0.15) is 15.9 Å². The minimum atomic E-state index is -0.961. The monoisotopic (exact) mass is 460 g/mol. The number of anilines is 2. The van der Waals surface area contributed by atoms with Crippen LogP contribution in [0.3, 0.4) is 0 Å². The first kappa shape index (κ1) is 22.3. The van der Waals surface area contributed by atoms with Crippen LogP contribution >= 0.6 is 0 Å². The number of methoxy groups -OCH3 is 1. The molecule has 10 heteroatoms. The third kappa shape index (κ3) is 5.13. The van der Waals surface area contributed by atoms with Gasteiger partial charge in [-0.3, -0.25) is 4.79 Å². The fourth-order valence-electron chi connectivity index (χ4n) is 3.25. The van der Waals surface area contributed by atoms with Gasteiger partial charge in [0.25, 0.3) is 5.91 Å². The predicted molar refractivity (Wildman–Crippen MR) is 125 cm³/mol. The van der Waals surface area contributed by atoms with Gasteiger partial charge in [-0.05, 0) is 42.0 Å². The van der Waals surface area contributed by atoms with Crippen LogP contribution in [-0.2, 0) is 6.54 Å². The van der Waals surface area contributed by atoms with Crippen LogP contribution in [0.5, 0.6) is 11.6 Å². The van der Waals surface area contributed by atoms with Crippen molar-refractivity contribution in [3.8, 4) is 11.6 Å². The van der Waals surface area contributed by atoms with Gasteiger partial charge in [0.15, 0.2) is 0 Å². The number of fused-ring (bicyclic) bond motifs is 1. The highest BCUT2D eigenvalue weighted by atomic mass is 16.6. The molecule has 10 nitrogen and oxygen atoms in total. The molecular weight excluding hydrogens is 440 g/mol. The number of aromatic nitrogens is 1. The molecule has 4 aromatic rings. The number of nitrogens with two attached hydrogens (primary N) is 1. The van der Waals surface area contributed by atoms with Gasteiger partial charge in [0.1, 0.15) is 17.0 Å². The van der Waals surface area contributed by atoms with E-state index in [2.05, 4.69) is 15.6 Å². The van der Waals surface area contributed by atoms with Gasteiger partial charge < -0.3 is 30.3 Å². The summed E-state index contributed by atoms with van der Waals surface area (Å²) < 4.78 is 15.2. The molecule has 0 aliphatic rings. The molecule has 172 valence electrons. The zero-order chi connectivity index (χ0) is 24.1. The second kappa shape index (κ2) is 9.74. The molecule has 34 heavy (non-hydrogen) atoms. The summed E-state index contributed by atoms with van der Waals surface area (Å²) in [5.74, 6) is 0.129. The van der Waals surface area contributed by atoms with E-state index in [1.54, 1.807) is 60.7 Å². The van der Waals surface area contributed by atoms with Gasteiger partial charge in [0.05, 0.1) is 12.7 Å². The molecule has 2 amide bonds. The lowest BCUT2D eigenvalue weighted by Gasteiger charge is -2.12. The van der Waals surface area contributed by atoms with Crippen molar-refractivity contribution < 1.29 is 23.5 Å². The zero-order valence-electron chi connectivity index (χ0n) is 18.0. The molecule has 0 radical (unpaired) electrons. The zero-order valence-corrected chi connectivity index (χ0v) is 18.0. The lowest BCUT2D eigenvalue weighted by molar-refractivity contribution is 0.102. The van der Waals surface area contributed by atoms with Gasteiger partial charge in [-0.15, -0.1) is 0 Å². The summed E-state index contributed by atoms with van der Waals surface area (Å²) in [6.45, 7) is 0.307. The Balaban J connectivity index is 1.52. The van der Waals surface area contributed by atoms with Crippen LogP contribution < -0.4 is 31.5 Å². The normalized spacial score (nSPS) is 10.5. The average molecular weight is 460 g/mol. The van der Waals surface area contributed by atoms with Crippen molar-refractivity contribution in [3.63, 3.8) is 0 Å². The van der Waals surface area contributed by atoms with Crippen molar-refractivity contribution in [2.45, 2.75) is 6.54 Å². The number of nitrogens with zero attached hydrogens (tertiary/aromatic N) is 1. The van der Waals surface area contributed by atoms with E-state index in [1.165, 1.54) is 13.3 Å². The third-order valence-electron chi connectivity index (χ3n) is 4.85. The topological polar surface area (TPSA) is 146 Å². The quantitative estimate of drug-likeness (QED) is 0.355. The Kier molecular flexibility index (Phi) is 6.40. The summed E-state index contributed by atoms with van der Waals surface area (Å²) in [7, 11) is 1.52. The maximum absolute atomic E-state index is 13.0. The second-order valence-corrected chi connectivity index (χ2v) is 7.13. The van der Waals surface area contributed by atoms with Crippen LogP contribution in [0.2, 0.25) is 0 Å². The molecule has 0 aliphatic carbocycles. The van der Waals surface area contributed by atoms with Gasteiger partial charge in [-0.1, -0.05) is 12.1 Å². The molecule has 4 N–H and O–H groups in total. The summed E-state index contributed by atoms with van der Waals surface area (Å²) >= 11 is 0. The maximum atomic E-state index is 13.0. The Bertz CT molecular complexity index is 1430. The standard InChI is InChI=1S/C24H20N4O6/c1-32-16-7-6-15-11-19(23(30)33-20(15)12-16)28-22(29)17-4-2-3-5-18(17)27-13-14-8-9-26-21(10-14)34-24(25)31/h2-12,27H,13H2,1H3,(H2,25,31)(H,28,29). The van der Waals surface area contributed by atoms with E-state index in [0.29, 0.717) is 34.5 Å². The lowest BCUT2D eigenvalue weighted by Crippen LogP contribution is -2.19. The van der Waals surface area contributed by atoms with Crippen LogP contribution in [0.25, 0.3) is 11.0 Å². The fraction of sp³-hybridized carbons (Fsp3) is 0.0833. The largest absolute Gasteiger partial charge is 0.497 e. The van der Waals surface area contributed by atoms with Gasteiger partial charge >= 0.3 is 11.7 Å². The summed E-state index contributed by atoms with van der Waals surface area (Å²) in [6, 6.07) is 16.7. The number of primary amides is 1.